The second-order valence-corrected chi connectivity index (χ2v) is 11.8. The van der Waals surface area contributed by atoms with E-state index in [9.17, 15) is 13.6 Å². The fourth-order valence-electron chi connectivity index (χ4n) is 7.21. The van der Waals surface area contributed by atoms with Gasteiger partial charge in [-0.1, -0.05) is 48.5 Å². The van der Waals surface area contributed by atoms with E-state index < -0.39 is 45.8 Å². The van der Waals surface area contributed by atoms with E-state index in [0.29, 0.717) is 19.3 Å². The van der Waals surface area contributed by atoms with E-state index in [1.807, 2.05) is 42.5 Å². The minimum atomic E-state index is -1.83. The molecule has 1 N–H and O–H groups in total. The van der Waals surface area contributed by atoms with Crippen LogP contribution >= 0.6 is 0 Å². The van der Waals surface area contributed by atoms with Gasteiger partial charge in [-0.05, 0) is 76.7 Å². The number of likely N-dealkylation sites (N-methyl/N-ethyl adjacent to an activating group) is 1. The number of amides is 1. The van der Waals surface area contributed by atoms with Gasteiger partial charge in [0.25, 0.3) is 5.91 Å². The first kappa shape index (κ1) is 27.5. The Hall–Kier alpha value is -3.65. The number of rotatable bonds is 4. The highest BCUT2D eigenvalue weighted by molar-refractivity contribution is 5.96. The molecule has 1 fully saturated rings. The summed E-state index contributed by atoms with van der Waals surface area (Å²) in [6, 6.07) is 18.2. The van der Waals surface area contributed by atoms with Crippen LogP contribution in [0.15, 0.2) is 54.6 Å². The Morgan fingerprint density at radius 2 is 1.54 bits per heavy atom. The molecule has 6 rings (SSSR count). The summed E-state index contributed by atoms with van der Waals surface area (Å²) in [5.74, 6) is -7.53. The number of carbonyl (C=O) groups excluding carboxylic acids is 1. The number of nitrogens with one attached hydrogen (secondary N) is 1. The van der Waals surface area contributed by atoms with Gasteiger partial charge in [-0.2, -0.15) is 0 Å². The van der Waals surface area contributed by atoms with Gasteiger partial charge in [0.05, 0.1) is 5.54 Å². The highest BCUT2D eigenvalue weighted by Crippen LogP contribution is 2.52. The summed E-state index contributed by atoms with van der Waals surface area (Å²) in [6.07, 6.45) is 3.80. The number of aromatic amines is 1. The van der Waals surface area contributed by atoms with E-state index in [4.69, 9.17) is 0 Å². The fraction of sp³-hybridized carbons (Fsp3) is 0.364. The standard InChI is InChI=1S/C33H33F4N3O/c1-20-26(34)25(28(36)29(37)27(20)35)31(41)40-18-13-23-22-11-7-8-12-24(22)38-30(23)33(40)16-14-32(15-17-33,39(2)3)19-21-9-5-4-6-10-21/h4-12,38H,13-19H2,1-3H3. The molecule has 41 heavy (non-hydrogen) atoms. The smallest absolute Gasteiger partial charge is 0.260 e. The van der Waals surface area contributed by atoms with E-state index in [1.54, 1.807) is 0 Å². The van der Waals surface area contributed by atoms with Crippen molar-refractivity contribution in [3.8, 4) is 0 Å². The molecule has 0 atom stereocenters. The number of halogens is 4. The average Bonchev–Trinajstić information content (AvgIpc) is 3.37. The normalized spacial score (nSPS) is 22.5. The van der Waals surface area contributed by atoms with Gasteiger partial charge in [0.2, 0.25) is 0 Å². The molecule has 0 radical (unpaired) electrons. The van der Waals surface area contributed by atoms with Crippen molar-refractivity contribution in [3.05, 3.63) is 106 Å². The Labute approximate surface area is 237 Å². The molecule has 2 aliphatic rings. The number of hydrogen-bond donors (Lipinski definition) is 1. The van der Waals surface area contributed by atoms with Crippen molar-refractivity contribution in [2.45, 2.75) is 56.5 Å². The molecule has 0 bridgehead atoms. The van der Waals surface area contributed by atoms with Crippen molar-refractivity contribution >= 4 is 16.8 Å². The summed E-state index contributed by atoms with van der Waals surface area (Å²) in [7, 11) is 4.13. The molecule has 4 nitrogen and oxygen atoms in total. The number of benzene rings is 3. The van der Waals surface area contributed by atoms with E-state index in [1.165, 1.54) is 10.5 Å². The number of carbonyl (C=O) groups is 1. The molecule has 1 aliphatic heterocycles. The third kappa shape index (κ3) is 4.18. The number of nitrogens with zero attached hydrogens (tertiary/aromatic N) is 2. The number of hydrogen-bond acceptors (Lipinski definition) is 2. The van der Waals surface area contributed by atoms with Gasteiger partial charge in [-0.15, -0.1) is 0 Å². The van der Waals surface area contributed by atoms with Crippen molar-refractivity contribution in [1.82, 2.24) is 14.8 Å². The maximum Gasteiger partial charge on any atom is 0.260 e. The third-order valence-corrected chi connectivity index (χ3v) is 9.66. The SMILES string of the molecule is Cc1c(F)c(F)c(F)c(C(=O)N2CCc3c([nH]c4ccccc34)C23CCC(Cc2ccccc2)(N(C)C)CC3)c1F. The molecule has 3 aromatic carbocycles. The maximum absolute atomic E-state index is 15.3. The molecular formula is C33H33F4N3O. The predicted molar refractivity (Wildman–Crippen MR) is 151 cm³/mol. The largest absolute Gasteiger partial charge is 0.356 e. The lowest BCUT2D eigenvalue weighted by atomic mass is 9.65. The van der Waals surface area contributed by atoms with Crippen LogP contribution in [0.25, 0.3) is 10.9 Å². The van der Waals surface area contributed by atoms with Crippen LogP contribution in [-0.2, 0) is 18.4 Å². The highest BCUT2D eigenvalue weighted by atomic mass is 19.2. The van der Waals surface area contributed by atoms with Gasteiger partial charge in [0, 0.05) is 34.2 Å². The van der Waals surface area contributed by atoms with Crippen LogP contribution in [0.5, 0.6) is 0 Å². The molecule has 0 unspecified atom stereocenters. The van der Waals surface area contributed by atoms with E-state index >= 15 is 8.78 Å². The lowest BCUT2D eigenvalue weighted by Crippen LogP contribution is -2.60. The van der Waals surface area contributed by atoms with Gasteiger partial charge in [-0.25, -0.2) is 17.6 Å². The zero-order chi connectivity index (χ0) is 29.1. The van der Waals surface area contributed by atoms with Gasteiger partial charge in [-0.3, -0.25) is 4.79 Å². The van der Waals surface area contributed by atoms with Crippen molar-refractivity contribution < 1.29 is 22.4 Å². The molecule has 8 heteroatoms. The van der Waals surface area contributed by atoms with Crippen LogP contribution in [0.3, 0.4) is 0 Å². The summed E-state index contributed by atoms with van der Waals surface area (Å²) in [4.78, 5) is 21.4. The minimum absolute atomic E-state index is 0.194. The van der Waals surface area contributed by atoms with Crippen LogP contribution in [0.1, 0.15) is 58.4 Å². The fourth-order valence-corrected chi connectivity index (χ4v) is 7.21. The molecule has 1 aliphatic carbocycles. The maximum atomic E-state index is 15.3. The first-order chi connectivity index (χ1) is 19.6. The van der Waals surface area contributed by atoms with E-state index in [0.717, 1.165) is 48.3 Å². The molecule has 2 heterocycles. The average molecular weight is 564 g/mol. The van der Waals surface area contributed by atoms with E-state index in [-0.39, 0.29) is 12.1 Å². The molecule has 1 aromatic heterocycles. The highest BCUT2D eigenvalue weighted by Gasteiger charge is 2.53. The van der Waals surface area contributed by atoms with Crippen LogP contribution in [0.4, 0.5) is 17.6 Å². The molecule has 1 amide bonds. The molecule has 0 saturated heterocycles. The summed E-state index contributed by atoms with van der Waals surface area (Å²) < 4.78 is 59.0. The Morgan fingerprint density at radius 1 is 0.878 bits per heavy atom. The second kappa shape index (κ2) is 10.0. The molecule has 4 aromatic rings. The Balaban J connectivity index is 1.47. The zero-order valence-corrected chi connectivity index (χ0v) is 23.5. The van der Waals surface area contributed by atoms with E-state index in [2.05, 4.69) is 36.1 Å². The number of aromatic nitrogens is 1. The molecule has 214 valence electrons. The summed E-state index contributed by atoms with van der Waals surface area (Å²) in [5, 5.41) is 1.06. The Bertz CT molecular complexity index is 1610. The van der Waals surface area contributed by atoms with Crippen LogP contribution < -0.4 is 0 Å². The zero-order valence-electron chi connectivity index (χ0n) is 23.5. The first-order valence-corrected chi connectivity index (χ1v) is 14.1. The lowest BCUT2D eigenvalue weighted by Gasteiger charge is -2.55. The monoisotopic (exact) mass is 563 g/mol. The van der Waals surface area contributed by atoms with Crippen LogP contribution in [0.2, 0.25) is 0 Å². The minimum Gasteiger partial charge on any atom is -0.356 e. The van der Waals surface area contributed by atoms with Crippen molar-refractivity contribution in [1.29, 1.82) is 0 Å². The summed E-state index contributed by atoms with van der Waals surface area (Å²) >= 11 is 0. The van der Waals surface area contributed by atoms with Crippen molar-refractivity contribution in [3.63, 3.8) is 0 Å². The Morgan fingerprint density at radius 3 is 2.22 bits per heavy atom. The third-order valence-electron chi connectivity index (χ3n) is 9.66. The molecular weight excluding hydrogens is 530 g/mol. The van der Waals surface area contributed by atoms with Gasteiger partial charge in [0.1, 0.15) is 11.4 Å². The predicted octanol–water partition coefficient (Wildman–Crippen LogP) is 7.04. The molecule has 1 saturated carbocycles. The van der Waals surface area contributed by atoms with Crippen molar-refractivity contribution in [2.75, 3.05) is 20.6 Å². The van der Waals surface area contributed by atoms with Crippen LogP contribution in [-0.4, -0.2) is 46.9 Å². The van der Waals surface area contributed by atoms with Crippen LogP contribution in [0, 0.1) is 30.2 Å². The number of para-hydroxylation sites is 1. The van der Waals surface area contributed by atoms with Gasteiger partial charge >= 0.3 is 0 Å². The number of fused-ring (bicyclic) bond motifs is 4. The summed E-state index contributed by atoms with van der Waals surface area (Å²) in [5.41, 5.74) is 1.27. The van der Waals surface area contributed by atoms with Gasteiger partial charge in [0.15, 0.2) is 17.5 Å². The summed E-state index contributed by atoms with van der Waals surface area (Å²) in [6.45, 7) is 1.22. The quantitative estimate of drug-likeness (QED) is 0.164. The molecule has 1 spiro atoms. The second-order valence-electron chi connectivity index (χ2n) is 11.8. The topological polar surface area (TPSA) is 39.3 Å². The first-order valence-electron chi connectivity index (χ1n) is 14.1. The lowest BCUT2D eigenvalue weighted by molar-refractivity contribution is -0.0128. The van der Waals surface area contributed by atoms with Gasteiger partial charge < -0.3 is 14.8 Å². The van der Waals surface area contributed by atoms with Crippen molar-refractivity contribution in [2.24, 2.45) is 0 Å². The Kier molecular flexibility index (Phi) is 6.72. The number of H-pyrrole nitrogens is 1.